The van der Waals surface area contributed by atoms with Gasteiger partial charge in [0.2, 0.25) is 12.7 Å². The van der Waals surface area contributed by atoms with Crippen LogP contribution in [-0.2, 0) is 6.54 Å². The first-order valence-electron chi connectivity index (χ1n) is 7.77. The average molecular weight is 371 g/mol. The predicted molar refractivity (Wildman–Crippen MR) is 97.9 cm³/mol. The van der Waals surface area contributed by atoms with E-state index in [-0.39, 0.29) is 12.6 Å². The molecule has 1 aliphatic heterocycles. The van der Waals surface area contributed by atoms with Gasteiger partial charge < -0.3 is 14.8 Å². The summed E-state index contributed by atoms with van der Waals surface area (Å²) >= 11 is 5.27. The zero-order valence-corrected chi connectivity index (χ0v) is 14.3. The van der Waals surface area contributed by atoms with Gasteiger partial charge in [-0.25, -0.2) is 14.1 Å². The highest BCUT2D eigenvalue weighted by molar-refractivity contribution is 7.80. The number of anilines is 2. The lowest BCUT2D eigenvalue weighted by molar-refractivity contribution is 0.174. The molecule has 0 aliphatic carbocycles. The van der Waals surface area contributed by atoms with Crippen molar-refractivity contribution in [3.05, 3.63) is 60.2 Å². The number of thiocarbonyl (C=S) groups is 1. The summed E-state index contributed by atoms with van der Waals surface area (Å²) in [5, 5.41) is 10.6. The molecule has 26 heavy (non-hydrogen) atoms. The Labute approximate surface area is 153 Å². The predicted octanol–water partition coefficient (Wildman–Crippen LogP) is 3.00. The molecular formula is C17H14FN5O2S. The Hall–Kier alpha value is -3.20. The van der Waals surface area contributed by atoms with Crippen LogP contribution in [0.15, 0.2) is 48.8 Å². The quantitative estimate of drug-likeness (QED) is 0.683. The SMILES string of the molecule is Fc1ccc(Cn2cnc(NC(=S)Nc3ccc4c(c3)OCO4)n2)cc1. The van der Waals surface area contributed by atoms with Gasteiger partial charge in [0.15, 0.2) is 16.6 Å². The van der Waals surface area contributed by atoms with Crippen molar-refractivity contribution in [2.24, 2.45) is 0 Å². The Balaban J connectivity index is 1.36. The number of hydrogen-bond acceptors (Lipinski definition) is 5. The molecule has 2 aromatic carbocycles. The van der Waals surface area contributed by atoms with Crippen LogP contribution in [0.25, 0.3) is 0 Å². The van der Waals surface area contributed by atoms with Crippen molar-refractivity contribution in [1.29, 1.82) is 0 Å². The highest BCUT2D eigenvalue weighted by Gasteiger charge is 2.13. The smallest absolute Gasteiger partial charge is 0.248 e. The molecular weight excluding hydrogens is 357 g/mol. The molecule has 2 N–H and O–H groups in total. The first kappa shape index (κ1) is 16.3. The van der Waals surface area contributed by atoms with E-state index >= 15 is 0 Å². The van der Waals surface area contributed by atoms with Crippen molar-refractivity contribution < 1.29 is 13.9 Å². The van der Waals surface area contributed by atoms with Crippen molar-refractivity contribution in [2.75, 3.05) is 17.4 Å². The first-order valence-corrected chi connectivity index (χ1v) is 8.18. The fourth-order valence-electron chi connectivity index (χ4n) is 2.44. The van der Waals surface area contributed by atoms with Crippen LogP contribution in [0, 0.1) is 5.82 Å². The maximum absolute atomic E-state index is 12.9. The largest absolute Gasteiger partial charge is 0.454 e. The summed E-state index contributed by atoms with van der Waals surface area (Å²) < 4.78 is 25.2. The van der Waals surface area contributed by atoms with Gasteiger partial charge in [-0.05, 0) is 42.0 Å². The van der Waals surface area contributed by atoms with Gasteiger partial charge in [0.25, 0.3) is 0 Å². The van der Waals surface area contributed by atoms with E-state index in [1.807, 2.05) is 12.1 Å². The zero-order chi connectivity index (χ0) is 17.9. The molecule has 0 atom stereocenters. The van der Waals surface area contributed by atoms with Crippen LogP contribution in [0.4, 0.5) is 16.0 Å². The van der Waals surface area contributed by atoms with E-state index in [0.29, 0.717) is 29.1 Å². The minimum absolute atomic E-state index is 0.219. The van der Waals surface area contributed by atoms with Crippen molar-refractivity contribution in [1.82, 2.24) is 14.8 Å². The van der Waals surface area contributed by atoms with Gasteiger partial charge in [-0.1, -0.05) is 12.1 Å². The van der Waals surface area contributed by atoms with E-state index in [2.05, 4.69) is 20.7 Å². The summed E-state index contributed by atoms with van der Waals surface area (Å²) in [7, 11) is 0. The molecule has 0 amide bonds. The highest BCUT2D eigenvalue weighted by Crippen LogP contribution is 2.34. The average Bonchev–Trinajstić information content (AvgIpc) is 3.25. The fourth-order valence-corrected chi connectivity index (χ4v) is 2.65. The van der Waals surface area contributed by atoms with Gasteiger partial charge in [0, 0.05) is 11.8 Å². The summed E-state index contributed by atoms with van der Waals surface area (Å²) in [6, 6.07) is 11.7. The van der Waals surface area contributed by atoms with E-state index in [4.69, 9.17) is 21.7 Å². The fraction of sp³-hybridized carbons (Fsp3) is 0.118. The second-order valence-corrected chi connectivity index (χ2v) is 5.95. The molecule has 132 valence electrons. The summed E-state index contributed by atoms with van der Waals surface area (Å²) in [5.74, 6) is 1.47. The lowest BCUT2D eigenvalue weighted by Crippen LogP contribution is -2.20. The minimum Gasteiger partial charge on any atom is -0.454 e. The monoisotopic (exact) mass is 371 g/mol. The first-order chi connectivity index (χ1) is 12.7. The van der Waals surface area contributed by atoms with E-state index in [1.165, 1.54) is 12.1 Å². The Bertz CT molecular complexity index is 945. The molecule has 9 heteroatoms. The number of hydrogen-bond donors (Lipinski definition) is 2. The van der Waals surface area contributed by atoms with Gasteiger partial charge in [-0.3, -0.25) is 5.32 Å². The highest BCUT2D eigenvalue weighted by atomic mass is 32.1. The van der Waals surface area contributed by atoms with Crippen LogP contribution < -0.4 is 20.1 Å². The number of aromatic nitrogens is 3. The van der Waals surface area contributed by atoms with Crippen molar-refractivity contribution in [2.45, 2.75) is 6.54 Å². The van der Waals surface area contributed by atoms with Crippen molar-refractivity contribution in [3.8, 4) is 11.5 Å². The molecule has 4 rings (SSSR count). The molecule has 0 spiro atoms. The van der Waals surface area contributed by atoms with Crippen LogP contribution in [0.1, 0.15) is 5.56 Å². The number of ether oxygens (including phenoxy) is 2. The lowest BCUT2D eigenvalue weighted by atomic mass is 10.2. The van der Waals surface area contributed by atoms with Gasteiger partial charge in [-0.15, -0.1) is 5.10 Å². The topological polar surface area (TPSA) is 73.2 Å². The van der Waals surface area contributed by atoms with Gasteiger partial charge in [0.05, 0.1) is 6.54 Å². The molecule has 0 saturated carbocycles. The molecule has 3 aromatic rings. The molecule has 2 heterocycles. The minimum atomic E-state index is -0.269. The third-order valence-corrected chi connectivity index (χ3v) is 3.85. The van der Waals surface area contributed by atoms with Gasteiger partial charge >= 0.3 is 0 Å². The summed E-state index contributed by atoms with van der Waals surface area (Å²) in [6.45, 7) is 0.703. The molecule has 0 bridgehead atoms. The second kappa shape index (κ2) is 6.96. The number of benzene rings is 2. The normalized spacial score (nSPS) is 12.0. The number of rotatable bonds is 4. The van der Waals surface area contributed by atoms with Crippen LogP contribution in [-0.4, -0.2) is 26.7 Å². The van der Waals surface area contributed by atoms with E-state index < -0.39 is 0 Å². The maximum atomic E-state index is 12.9. The third-order valence-electron chi connectivity index (χ3n) is 3.65. The number of fused-ring (bicyclic) bond motifs is 1. The third kappa shape index (κ3) is 3.72. The van der Waals surface area contributed by atoms with Crippen LogP contribution in [0.3, 0.4) is 0 Å². The van der Waals surface area contributed by atoms with Crippen molar-refractivity contribution in [3.63, 3.8) is 0 Å². The van der Waals surface area contributed by atoms with Crippen LogP contribution in [0.5, 0.6) is 11.5 Å². The lowest BCUT2D eigenvalue weighted by Gasteiger charge is -2.08. The molecule has 0 unspecified atom stereocenters. The van der Waals surface area contributed by atoms with Crippen LogP contribution in [0.2, 0.25) is 0 Å². The summed E-state index contributed by atoms with van der Waals surface area (Å²) in [6.07, 6.45) is 1.58. The van der Waals surface area contributed by atoms with Crippen molar-refractivity contribution >= 4 is 29.0 Å². The number of halogens is 1. The molecule has 1 aliphatic rings. The Morgan fingerprint density at radius 3 is 2.77 bits per heavy atom. The number of nitrogens with zero attached hydrogens (tertiary/aromatic N) is 3. The molecule has 0 fully saturated rings. The summed E-state index contributed by atoms with van der Waals surface area (Å²) in [4.78, 5) is 4.16. The maximum Gasteiger partial charge on any atom is 0.248 e. The molecule has 0 radical (unpaired) electrons. The van der Waals surface area contributed by atoms with E-state index in [9.17, 15) is 4.39 Å². The summed E-state index contributed by atoms with van der Waals surface area (Å²) in [5.41, 5.74) is 1.68. The van der Waals surface area contributed by atoms with E-state index in [0.717, 1.165) is 11.3 Å². The van der Waals surface area contributed by atoms with Gasteiger partial charge in [0.1, 0.15) is 12.1 Å². The Kier molecular flexibility index (Phi) is 4.36. The van der Waals surface area contributed by atoms with E-state index in [1.54, 1.807) is 29.2 Å². The zero-order valence-electron chi connectivity index (χ0n) is 13.5. The Morgan fingerprint density at radius 2 is 1.92 bits per heavy atom. The molecule has 1 aromatic heterocycles. The molecule has 7 nitrogen and oxygen atoms in total. The van der Waals surface area contributed by atoms with Crippen LogP contribution >= 0.6 is 12.2 Å². The second-order valence-electron chi connectivity index (χ2n) is 5.54. The van der Waals surface area contributed by atoms with Gasteiger partial charge in [-0.2, -0.15) is 0 Å². The Morgan fingerprint density at radius 1 is 1.12 bits per heavy atom. The number of nitrogens with one attached hydrogen (secondary N) is 2. The molecule has 0 saturated heterocycles. The standard InChI is InChI=1S/C17H14FN5O2S/c18-12-3-1-11(2-4-12)8-23-9-19-16(22-23)21-17(26)20-13-5-6-14-15(7-13)25-10-24-14/h1-7,9H,8,10H2,(H2,20,21,22,26).